The summed E-state index contributed by atoms with van der Waals surface area (Å²) in [6.45, 7) is 0.102. The molecule has 0 atom stereocenters. The fourth-order valence-corrected chi connectivity index (χ4v) is 2.35. The number of nitro groups is 1. The van der Waals surface area contributed by atoms with Crippen LogP contribution in [0, 0.1) is 15.9 Å². The van der Waals surface area contributed by atoms with E-state index in [9.17, 15) is 24.4 Å². The molecule has 0 bridgehead atoms. The summed E-state index contributed by atoms with van der Waals surface area (Å²) in [7, 11) is 0. The van der Waals surface area contributed by atoms with Gasteiger partial charge in [-0.1, -0.05) is 12.8 Å². The molecule has 0 aliphatic heterocycles. The van der Waals surface area contributed by atoms with E-state index >= 15 is 0 Å². The van der Waals surface area contributed by atoms with Gasteiger partial charge in [0, 0.05) is 18.2 Å². The molecule has 0 aromatic heterocycles. The zero-order valence-electron chi connectivity index (χ0n) is 10.8. The van der Waals surface area contributed by atoms with Crippen molar-refractivity contribution in [1.82, 2.24) is 5.32 Å². The Morgan fingerprint density at radius 1 is 1.45 bits per heavy atom. The number of hydrogen-bond acceptors (Lipinski definition) is 4. The standard InChI is InChI=1S/C13H15FN2O4/c14-10-7-9(3-4-11(10)16(19)20)12(17)15-8-13(18)5-1-2-6-13/h3-4,7,18H,1-2,5-6,8H2,(H,15,17). The number of halogens is 1. The van der Waals surface area contributed by atoms with E-state index in [2.05, 4.69) is 5.32 Å². The van der Waals surface area contributed by atoms with Crippen LogP contribution in [0.4, 0.5) is 10.1 Å². The van der Waals surface area contributed by atoms with Crippen molar-refractivity contribution in [3.05, 3.63) is 39.7 Å². The summed E-state index contributed by atoms with van der Waals surface area (Å²) >= 11 is 0. The van der Waals surface area contributed by atoms with Crippen LogP contribution in [0.5, 0.6) is 0 Å². The Morgan fingerprint density at radius 3 is 2.65 bits per heavy atom. The molecule has 1 fully saturated rings. The lowest BCUT2D eigenvalue weighted by Gasteiger charge is -2.22. The summed E-state index contributed by atoms with van der Waals surface area (Å²) in [5.41, 5.74) is -1.57. The highest BCUT2D eigenvalue weighted by Crippen LogP contribution is 2.28. The van der Waals surface area contributed by atoms with Crippen molar-refractivity contribution < 1.29 is 19.2 Å². The van der Waals surface area contributed by atoms with Gasteiger partial charge < -0.3 is 10.4 Å². The number of amides is 1. The monoisotopic (exact) mass is 282 g/mol. The predicted molar refractivity (Wildman–Crippen MR) is 68.8 cm³/mol. The van der Waals surface area contributed by atoms with E-state index < -0.39 is 27.9 Å². The van der Waals surface area contributed by atoms with Gasteiger partial charge >= 0.3 is 5.69 Å². The number of rotatable bonds is 4. The number of hydrogen-bond donors (Lipinski definition) is 2. The third-order valence-corrected chi connectivity index (χ3v) is 3.52. The largest absolute Gasteiger partial charge is 0.388 e. The molecule has 0 saturated heterocycles. The third kappa shape index (κ3) is 3.11. The fraction of sp³-hybridized carbons (Fsp3) is 0.462. The van der Waals surface area contributed by atoms with E-state index in [1.54, 1.807) is 0 Å². The minimum atomic E-state index is -1.05. The number of nitrogens with zero attached hydrogens (tertiary/aromatic N) is 1. The highest BCUT2D eigenvalue weighted by atomic mass is 19.1. The van der Waals surface area contributed by atoms with E-state index in [0.29, 0.717) is 12.8 Å². The van der Waals surface area contributed by atoms with Gasteiger partial charge in [0.25, 0.3) is 5.91 Å². The lowest BCUT2D eigenvalue weighted by Crippen LogP contribution is -2.40. The molecular formula is C13H15FN2O4. The molecule has 20 heavy (non-hydrogen) atoms. The average molecular weight is 282 g/mol. The van der Waals surface area contributed by atoms with Crippen LogP contribution in [0.15, 0.2) is 18.2 Å². The molecule has 1 aromatic rings. The summed E-state index contributed by atoms with van der Waals surface area (Å²) in [5.74, 6) is -1.61. The normalized spacial score (nSPS) is 16.9. The second-order valence-corrected chi connectivity index (χ2v) is 5.04. The van der Waals surface area contributed by atoms with E-state index in [4.69, 9.17) is 0 Å². The van der Waals surface area contributed by atoms with Crippen LogP contribution >= 0.6 is 0 Å². The molecule has 1 aromatic carbocycles. The molecule has 2 rings (SSSR count). The van der Waals surface area contributed by atoms with Crippen molar-refractivity contribution in [2.24, 2.45) is 0 Å². The van der Waals surface area contributed by atoms with E-state index in [1.165, 1.54) is 6.07 Å². The Kier molecular flexibility index (Phi) is 3.99. The molecule has 1 aliphatic rings. The molecule has 0 radical (unpaired) electrons. The smallest absolute Gasteiger partial charge is 0.304 e. The molecule has 1 aliphatic carbocycles. The van der Waals surface area contributed by atoms with Crippen molar-refractivity contribution in [3.8, 4) is 0 Å². The van der Waals surface area contributed by atoms with Crippen LogP contribution in [0.3, 0.4) is 0 Å². The number of benzene rings is 1. The first-order valence-corrected chi connectivity index (χ1v) is 6.36. The van der Waals surface area contributed by atoms with E-state index in [1.807, 2.05) is 0 Å². The van der Waals surface area contributed by atoms with Gasteiger partial charge in [-0.3, -0.25) is 14.9 Å². The van der Waals surface area contributed by atoms with Crippen molar-refractivity contribution in [3.63, 3.8) is 0 Å². The minimum absolute atomic E-state index is 0.00491. The summed E-state index contributed by atoms with van der Waals surface area (Å²) < 4.78 is 13.4. The molecular weight excluding hydrogens is 267 g/mol. The van der Waals surface area contributed by atoms with Gasteiger partial charge in [0.2, 0.25) is 5.82 Å². The van der Waals surface area contributed by atoms with E-state index in [0.717, 1.165) is 25.0 Å². The predicted octanol–water partition coefficient (Wildman–Crippen LogP) is 1.77. The lowest BCUT2D eigenvalue weighted by molar-refractivity contribution is -0.387. The molecule has 1 saturated carbocycles. The topological polar surface area (TPSA) is 92.5 Å². The quantitative estimate of drug-likeness (QED) is 0.650. The summed E-state index contributed by atoms with van der Waals surface area (Å²) in [5, 5.41) is 23.1. The zero-order chi connectivity index (χ0) is 14.8. The first-order chi connectivity index (χ1) is 9.41. The Morgan fingerprint density at radius 2 is 2.10 bits per heavy atom. The zero-order valence-corrected chi connectivity index (χ0v) is 10.8. The van der Waals surface area contributed by atoms with Crippen LogP contribution in [0.1, 0.15) is 36.0 Å². The molecule has 0 unspecified atom stereocenters. The molecule has 108 valence electrons. The van der Waals surface area contributed by atoms with E-state index in [-0.39, 0.29) is 12.1 Å². The second kappa shape index (κ2) is 5.54. The Hall–Kier alpha value is -2.02. The number of nitro benzene ring substituents is 1. The summed E-state index contributed by atoms with van der Waals surface area (Å²) in [6, 6.07) is 2.97. The maximum atomic E-state index is 13.4. The average Bonchev–Trinajstić information content (AvgIpc) is 2.83. The van der Waals surface area contributed by atoms with Crippen LogP contribution < -0.4 is 5.32 Å². The van der Waals surface area contributed by atoms with Crippen molar-refractivity contribution in [2.45, 2.75) is 31.3 Å². The fourth-order valence-electron chi connectivity index (χ4n) is 2.35. The molecule has 2 N–H and O–H groups in total. The second-order valence-electron chi connectivity index (χ2n) is 5.04. The first-order valence-electron chi connectivity index (χ1n) is 6.36. The van der Waals surface area contributed by atoms with Gasteiger partial charge in [0.1, 0.15) is 0 Å². The van der Waals surface area contributed by atoms with Gasteiger partial charge in [-0.05, 0) is 25.0 Å². The van der Waals surface area contributed by atoms with Gasteiger partial charge in [0.15, 0.2) is 0 Å². The van der Waals surface area contributed by atoms with Crippen LogP contribution in [-0.4, -0.2) is 28.1 Å². The van der Waals surface area contributed by atoms with Crippen molar-refractivity contribution in [2.75, 3.05) is 6.54 Å². The molecule has 1 amide bonds. The number of nitrogens with one attached hydrogen (secondary N) is 1. The van der Waals surface area contributed by atoms with Crippen LogP contribution in [-0.2, 0) is 0 Å². The molecule has 7 heteroatoms. The van der Waals surface area contributed by atoms with Gasteiger partial charge in [-0.2, -0.15) is 4.39 Å². The minimum Gasteiger partial charge on any atom is -0.388 e. The molecule has 0 heterocycles. The summed E-state index contributed by atoms with van der Waals surface area (Å²) in [4.78, 5) is 21.4. The third-order valence-electron chi connectivity index (χ3n) is 3.52. The van der Waals surface area contributed by atoms with Gasteiger partial charge in [-0.15, -0.1) is 0 Å². The molecule has 0 spiro atoms. The van der Waals surface area contributed by atoms with Gasteiger partial charge in [0.05, 0.1) is 10.5 Å². The summed E-state index contributed by atoms with van der Waals surface area (Å²) in [6.07, 6.45) is 3.08. The maximum Gasteiger partial charge on any atom is 0.304 e. The van der Waals surface area contributed by atoms with Crippen molar-refractivity contribution >= 4 is 11.6 Å². The van der Waals surface area contributed by atoms with Gasteiger partial charge in [-0.25, -0.2) is 0 Å². The number of carbonyl (C=O) groups excluding carboxylic acids is 1. The van der Waals surface area contributed by atoms with Crippen LogP contribution in [0.25, 0.3) is 0 Å². The number of carbonyl (C=O) groups is 1. The van der Waals surface area contributed by atoms with Crippen molar-refractivity contribution in [1.29, 1.82) is 0 Å². The Bertz CT molecular complexity index is 541. The number of aliphatic hydroxyl groups is 1. The SMILES string of the molecule is O=C(NCC1(O)CCCC1)c1ccc([N+](=O)[O-])c(F)c1. The highest BCUT2D eigenvalue weighted by molar-refractivity contribution is 5.94. The Labute approximate surface area is 114 Å². The lowest BCUT2D eigenvalue weighted by atomic mass is 10.0. The highest BCUT2D eigenvalue weighted by Gasteiger charge is 2.31. The first kappa shape index (κ1) is 14.4. The molecule has 6 nitrogen and oxygen atoms in total. The van der Waals surface area contributed by atoms with Crippen LogP contribution in [0.2, 0.25) is 0 Å². The maximum absolute atomic E-state index is 13.4. The Balaban J connectivity index is 2.02.